The van der Waals surface area contributed by atoms with Crippen molar-refractivity contribution < 1.29 is 9.53 Å². The summed E-state index contributed by atoms with van der Waals surface area (Å²) < 4.78 is 6.26. The standard InChI is InChI=1S/C15H15NO2S3/c1-18-15(17)16-5-4-9-6-8(2-3-11(9)16)10-7-12(19)14(21)13(10)20/h2-6,10,13-14,20-21H,7H2,1H3. The number of fused-ring (bicyclic) bond motifs is 1. The lowest BCUT2D eigenvalue weighted by atomic mass is 9.96. The summed E-state index contributed by atoms with van der Waals surface area (Å²) in [6.07, 6.45) is 2.17. The van der Waals surface area contributed by atoms with Gasteiger partial charge in [-0.25, -0.2) is 4.79 Å². The minimum Gasteiger partial charge on any atom is -0.452 e. The van der Waals surface area contributed by atoms with Gasteiger partial charge in [-0.15, -0.1) is 0 Å². The van der Waals surface area contributed by atoms with Crippen LogP contribution in [0, 0.1) is 0 Å². The van der Waals surface area contributed by atoms with Crippen molar-refractivity contribution in [3.05, 3.63) is 36.0 Å². The van der Waals surface area contributed by atoms with Crippen molar-refractivity contribution in [3.8, 4) is 0 Å². The normalized spacial score (nSPS) is 25.5. The quantitative estimate of drug-likeness (QED) is 0.614. The van der Waals surface area contributed by atoms with Crippen LogP contribution in [-0.2, 0) is 4.74 Å². The Bertz CT molecular complexity index is 725. The number of aromatic nitrogens is 1. The first-order valence-corrected chi connectivity index (χ1v) is 8.05. The first-order valence-electron chi connectivity index (χ1n) is 6.61. The van der Waals surface area contributed by atoms with Crippen LogP contribution in [0.3, 0.4) is 0 Å². The maximum absolute atomic E-state index is 11.7. The van der Waals surface area contributed by atoms with E-state index < -0.39 is 0 Å². The van der Waals surface area contributed by atoms with Gasteiger partial charge >= 0.3 is 6.09 Å². The number of ether oxygens (including phenoxy) is 1. The van der Waals surface area contributed by atoms with Crippen LogP contribution in [0.4, 0.5) is 4.79 Å². The minimum atomic E-state index is -0.387. The highest BCUT2D eigenvalue weighted by Gasteiger charge is 2.36. The van der Waals surface area contributed by atoms with Gasteiger partial charge in [-0.05, 0) is 30.2 Å². The molecule has 1 aliphatic rings. The van der Waals surface area contributed by atoms with Gasteiger partial charge in [0.2, 0.25) is 0 Å². The third-order valence-electron chi connectivity index (χ3n) is 4.00. The number of rotatable bonds is 1. The van der Waals surface area contributed by atoms with Gasteiger partial charge in [0, 0.05) is 32.9 Å². The van der Waals surface area contributed by atoms with Crippen molar-refractivity contribution in [1.82, 2.24) is 4.57 Å². The second-order valence-electron chi connectivity index (χ2n) is 5.19. The molecule has 1 fully saturated rings. The largest absolute Gasteiger partial charge is 0.452 e. The number of nitrogens with zero attached hydrogens (tertiary/aromatic N) is 1. The van der Waals surface area contributed by atoms with Gasteiger partial charge in [0.15, 0.2) is 0 Å². The number of benzene rings is 1. The first-order chi connectivity index (χ1) is 10.0. The van der Waals surface area contributed by atoms with Gasteiger partial charge in [-0.1, -0.05) is 18.3 Å². The van der Waals surface area contributed by atoms with Crippen LogP contribution >= 0.6 is 37.5 Å². The van der Waals surface area contributed by atoms with Gasteiger partial charge < -0.3 is 4.74 Å². The third-order valence-corrected chi connectivity index (χ3v) is 6.12. The number of methoxy groups -OCH3 is 1. The van der Waals surface area contributed by atoms with Crippen LogP contribution in [0.2, 0.25) is 0 Å². The molecule has 0 bridgehead atoms. The topological polar surface area (TPSA) is 31.2 Å². The Kier molecular flexibility index (Phi) is 4.03. The lowest BCUT2D eigenvalue weighted by molar-refractivity contribution is 0.174. The number of hydrogen-bond donors (Lipinski definition) is 2. The zero-order chi connectivity index (χ0) is 15.1. The molecule has 3 rings (SSSR count). The summed E-state index contributed by atoms with van der Waals surface area (Å²) in [6, 6.07) is 7.98. The fourth-order valence-electron chi connectivity index (χ4n) is 2.83. The maximum atomic E-state index is 11.7. The van der Waals surface area contributed by atoms with E-state index in [1.54, 1.807) is 6.20 Å². The summed E-state index contributed by atoms with van der Waals surface area (Å²) in [4.78, 5) is 12.6. The molecule has 1 aromatic heterocycles. The van der Waals surface area contributed by atoms with E-state index in [0.717, 1.165) is 22.2 Å². The Morgan fingerprint density at radius 1 is 1.38 bits per heavy atom. The van der Waals surface area contributed by atoms with Crippen molar-refractivity contribution in [1.29, 1.82) is 0 Å². The number of carbonyl (C=O) groups excluding carboxylic acids is 1. The van der Waals surface area contributed by atoms with Crippen LogP contribution in [0.15, 0.2) is 30.5 Å². The van der Waals surface area contributed by atoms with Crippen LogP contribution in [0.5, 0.6) is 0 Å². The molecule has 2 aromatic rings. The predicted octanol–water partition coefficient (Wildman–Crippen LogP) is 3.71. The average molecular weight is 337 g/mol. The molecule has 0 radical (unpaired) electrons. The first kappa shape index (κ1) is 14.9. The molecule has 3 unspecified atom stereocenters. The highest BCUT2D eigenvalue weighted by Crippen LogP contribution is 2.40. The predicted molar refractivity (Wildman–Crippen MR) is 95.2 cm³/mol. The molecule has 0 aliphatic heterocycles. The Morgan fingerprint density at radius 2 is 2.14 bits per heavy atom. The van der Waals surface area contributed by atoms with E-state index in [2.05, 4.69) is 31.3 Å². The molecule has 3 atom stereocenters. The number of thiocarbonyl (C=S) groups is 1. The SMILES string of the molecule is COC(=O)n1ccc2cc(C3CC(=S)C(S)C3S)ccc21. The van der Waals surface area contributed by atoms with Gasteiger partial charge in [0.1, 0.15) is 0 Å². The number of carbonyl (C=O) groups is 1. The molecule has 3 nitrogen and oxygen atoms in total. The second kappa shape index (κ2) is 5.66. The summed E-state index contributed by atoms with van der Waals surface area (Å²) in [5.41, 5.74) is 2.02. The van der Waals surface area contributed by atoms with Crippen molar-refractivity contribution >= 4 is 59.3 Å². The Balaban J connectivity index is 1.99. The van der Waals surface area contributed by atoms with Crippen molar-refractivity contribution in [2.24, 2.45) is 0 Å². The summed E-state index contributed by atoms with van der Waals surface area (Å²) in [6.45, 7) is 0. The molecular weight excluding hydrogens is 322 g/mol. The Labute approximate surface area is 139 Å². The molecule has 110 valence electrons. The summed E-state index contributed by atoms with van der Waals surface area (Å²) in [5, 5.41) is 1.19. The summed E-state index contributed by atoms with van der Waals surface area (Å²) in [5.74, 6) is 0.272. The molecule has 6 heteroatoms. The lowest BCUT2D eigenvalue weighted by Crippen LogP contribution is -2.16. The van der Waals surface area contributed by atoms with E-state index in [4.69, 9.17) is 17.0 Å². The molecule has 0 amide bonds. The Morgan fingerprint density at radius 3 is 2.76 bits per heavy atom. The molecule has 1 aliphatic carbocycles. The highest BCUT2D eigenvalue weighted by atomic mass is 32.1. The van der Waals surface area contributed by atoms with Gasteiger partial charge in [0.05, 0.1) is 12.6 Å². The van der Waals surface area contributed by atoms with E-state index >= 15 is 0 Å². The fraction of sp³-hybridized carbons (Fsp3) is 0.333. The van der Waals surface area contributed by atoms with Crippen molar-refractivity contribution in [3.63, 3.8) is 0 Å². The third kappa shape index (κ3) is 2.49. The average Bonchev–Trinajstić information content (AvgIpc) is 3.02. The molecule has 1 aromatic carbocycles. The monoisotopic (exact) mass is 337 g/mol. The molecule has 0 spiro atoms. The highest BCUT2D eigenvalue weighted by molar-refractivity contribution is 7.89. The second-order valence-corrected chi connectivity index (χ2v) is 6.86. The molecule has 1 saturated carbocycles. The number of hydrogen-bond acceptors (Lipinski definition) is 5. The summed E-state index contributed by atoms with van der Waals surface area (Å²) >= 11 is 14.5. The van der Waals surface area contributed by atoms with E-state index in [1.807, 2.05) is 18.2 Å². The van der Waals surface area contributed by atoms with Crippen molar-refractivity contribution in [2.45, 2.75) is 22.8 Å². The van der Waals surface area contributed by atoms with E-state index in [-0.39, 0.29) is 22.5 Å². The van der Waals surface area contributed by atoms with E-state index in [1.165, 1.54) is 17.2 Å². The lowest BCUT2D eigenvalue weighted by Gasteiger charge is -2.17. The molecule has 0 saturated heterocycles. The molecule has 1 heterocycles. The summed E-state index contributed by atoms with van der Waals surface area (Å²) in [7, 11) is 1.38. The van der Waals surface area contributed by atoms with Crippen LogP contribution in [-0.4, -0.2) is 33.1 Å². The fourth-order valence-corrected chi connectivity index (χ4v) is 4.03. The number of thiol groups is 2. The van der Waals surface area contributed by atoms with Crippen molar-refractivity contribution in [2.75, 3.05) is 7.11 Å². The zero-order valence-corrected chi connectivity index (χ0v) is 14.0. The van der Waals surface area contributed by atoms with Crippen LogP contribution in [0.1, 0.15) is 17.9 Å². The maximum Gasteiger partial charge on any atom is 0.418 e. The van der Waals surface area contributed by atoms with Gasteiger partial charge in [-0.3, -0.25) is 4.57 Å². The van der Waals surface area contributed by atoms with Gasteiger partial charge in [-0.2, -0.15) is 25.3 Å². The van der Waals surface area contributed by atoms with Crippen LogP contribution < -0.4 is 0 Å². The molecule has 0 N–H and O–H groups in total. The zero-order valence-electron chi connectivity index (χ0n) is 11.4. The van der Waals surface area contributed by atoms with Gasteiger partial charge in [0.25, 0.3) is 0 Å². The molecule has 21 heavy (non-hydrogen) atoms. The van der Waals surface area contributed by atoms with E-state index in [9.17, 15) is 4.79 Å². The van der Waals surface area contributed by atoms with E-state index in [0.29, 0.717) is 0 Å². The minimum absolute atomic E-state index is 0.0590. The van der Waals surface area contributed by atoms with Crippen LogP contribution in [0.25, 0.3) is 10.9 Å². The smallest absolute Gasteiger partial charge is 0.418 e. The molecular formula is C15H15NO2S3. The Hall–Kier alpha value is -0.980.